The van der Waals surface area contributed by atoms with E-state index in [-0.39, 0.29) is 23.0 Å². The second kappa shape index (κ2) is 7.02. The van der Waals surface area contributed by atoms with E-state index < -0.39 is 24.2 Å². The summed E-state index contributed by atoms with van der Waals surface area (Å²) in [5.74, 6) is 0.442. The molecular formula is C18H20ClF3N4O2. The molecule has 0 bridgehead atoms. The second-order valence-corrected chi connectivity index (χ2v) is 7.81. The van der Waals surface area contributed by atoms with Gasteiger partial charge in [-0.3, -0.25) is 4.79 Å². The highest BCUT2D eigenvalue weighted by atomic mass is 35.5. The maximum atomic E-state index is 13.7. The van der Waals surface area contributed by atoms with E-state index in [1.807, 2.05) is 0 Å². The van der Waals surface area contributed by atoms with Crippen molar-refractivity contribution in [3.05, 3.63) is 34.9 Å². The minimum absolute atomic E-state index is 0.00892. The van der Waals surface area contributed by atoms with Gasteiger partial charge in [0.15, 0.2) is 11.7 Å². The number of anilines is 1. The third kappa shape index (κ3) is 3.36. The molecule has 0 aliphatic carbocycles. The first-order valence-corrected chi connectivity index (χ1v) is 9.57. The summed E-state index contributed by atoms with van der Waals surface area (Å²) in [6.07, 6.45) is -1.75. The van der Waals surface area contributed by atoms with E-state index in [1.165, 1.54) is 6.26 Å². The molecule has 1 N–H and O–H groups in total. The molecule has 2 aliphatic rings. The average Bonchev–Trinajstić information content (AvgIpc) is 3.29. The van der Waals surface area contributed by atoms with Gasteiger partial charge in [-0.15, -0.1) is 0 Å². The second-order valence-electron chi connectivity index (χ2n) is 7.44. The number of alkyl halides is 3. The summed E-state index contributed by atoms with van der Waals surface area (Å²) < 4.78 is 47.2. The van der Waals surface area contributed by atoms with Gasteiger partial charge in [-0.05, 0) is 30.9 Å². The van der Waals surface area contributed by atoms with Crippen LogP contribution < -0.4 is 5.32 Å². The van der Waals surface area contributed by atoms with Crippen molar-refractivity contribution in [2.75, 3.05) is 18.4 Å². The molecule has 4 heterocycles. The van der Waals surface area contributed by atoms with E-state index in [1.54, 1.807) is 17.0 Å². The van der Waals surface area contributed by atoms with Crippen LogP contribution in [0.5, 0.6) is 0 Å². The number of hydrogen-bond acceptors (Lipinski definition) is 4. The highest BCUT2D eigenvalue weighted by Gasteiger charge is 2.48. The lowest BCUT2D eigenvalue weighted by Gasteiger charge is -2.32. The van der Waals surface area contributed by atoms with Crippen LogP contribution in [0.15, 0.2) is 22.8 Å². The molecule has 0 unspecified atom stereocenters. The summed E-state index contributed by atoms with van der Waals surface area (Å²) in [4.78, 5) is 14.5. The van der Waals surface area contributed by atoms with Gasteiger partial charge in [0, 0.05) is 19.5 Å². The molecular weight excluding hydrogens is 397 g/mol. The third-order valence-electron chi connectivity index (χ3n) is 5.46. The Bertz CT molecular complexity index is 857. The minimum Gasteiger partial charge on any atom is -0.467 e. The summed E-state index contributed by atoms with van der Waals surface area (Å²) in [6.45, 7) is 3.20. The molecule has 28 heavy (non-hydrogen) atoms. The van der Waals surface area contributed by atoms with Crippen molar-refractivity contribution in [3.63, 3.8) is 0 Å². The standard InChI is InChI=1S/C18H20ClF3N4O2/c1-10-4-6-25(7-5-10)17(27)15-14(19)16-23-11(12-3-2-8-28-12)9-13(18(20,21)22)26(16)24-15/h2-3,8,10-11,13,23H,4-7,9H2,1H3/t11-,13+/m1/s1. The topological polar surface area (TPSA) is 63.3 Å². The Morgan fingerprint density at radius 2 is 2.07 bits per heavy atom. The lowest BCUT2D eigenvalue weighted by atomic mass is 9.99. The number of amides is 1. The van der Waals surface area contributed by atoms with Crippen LogP contribution >= 0.6 is 11.6 Å². The number of nitrogens with one attached hydrogen (secondary N) is 1. The summed E-state index contributed by atoms with van der Waals surface area (Å²) in [7, 11) is 0. The predicted octanol–water partition coefficient (Wildman–Crippen LogP) is 4.66. The van der Waals surface area contributed by atoms with Crippen LogP contribution in [0.1, 0.15) is 54.5 Å². The van der Waals surface area contributed by atoms with Gasteiger partial charge in [0.1, 0.15) is 16.6 Å². The number of aromatic nitrogens is 2. The number of furan rings is 1. The number of likely N-dealkylation sites (tertiary alicyclic amines) is 1. The number of hydrogen-bond donors (Lipinski definition) is 1. The van der Waals surface area contributed by atoms with Gasteiger partial charge in [-0.25, -0.2) is 4.68 Å². The van der Waals surface area contributed by atoms with E-state index in [0.717, 1.165) is 17.5 Å². The van der Waals surface area contributed by atoms with Crippen molar-refractivity contribution < 1.29 is 22.4 Å². The largest absolute Gasteiger partial charge is 0.467 e. The number of piperidine rings is 1. The average molecular weight is 417 g/mol. The van der Waals surface area contributed by atoms with Crippen LogP contribution in [-0.2, 0) is 0 Å². The zero-order chi connectivity index (χ0) is 20.1. The van der Waals surface area contributed by atoms with Crippen molar-refractivity contribution in [1.29, 1.82) is 0 Å². The number of fused-ring (bicyclic) bond motifs is 1. The van der Waals surface area contributed by atoms with Gasteiger partial charge in [-0.1, -0.05) is 18.5 Å². The van der Waals surface area contributed by atoms with E-state index in [4.69, 9.17) is 16.0 Å². The number of carbonyl (C=O) groups is 1. The van der Waals surface area contributed by atoms with E-state index in [2.05, 4.69) is 17.3 Å². The van der Waals surface area contributed by atoms with E-state index >= 15 is 0 Å². The normalized spacial score (nSPS) is 23.4. The molecule has 2 aromatic rings. The number of halogens is 4. The van der Waals surface area contributed by atoms with Crippen LogP contribution in [0.3, 0.4) is 0 Å². The van der Waals surface area contributed by atoms with Crippen molar-refractivity contribution in [2.24, 2.45) is 5.92 Å². The van der Waals surface area contributed by atoms with Crippen LogP contribution in [0.4, 0.5) is 19.0 Å². The summed E-state index contributed by atoms with van der Waals surface area (Å²) in [5.41, 5.74) is -0.145. The van der Waals surface area contributed by atoms with Gasteiger partial charge in [0.05, 0.1) is 12.3 Å². The van der Waals surface area contributed by atoms with Crippen LogP contribution in [0.25, 0.3) is 0 Å². The van der Waals surface area contributed by atoms with Crippen LogP contribution in [0.2, 0.25) is 5.02 Å². The minimum atomic E-state index is -4.54. The fourth-order valence-corrected chi connectivity index (χ4v) is 4.02. The highest BCUT2D eigenvalue weighted by molar-refractivity contribution is 6.36. The third-order valence-corrected chi connectivity index (χ3v) is 5.81. The lowest BCUT2D eigenvalue weighted by molar-refractivity contribution is -0.174. The van der Waals surface area contributed by atoms with E-state index in [9.17, 15) is 18.0 Å². The van der Waals surface area contributed by atoms with Crippen molar-refractivity contribution in [1.82, 2.24) is 14.7 Å². The number of nitrogens with zero attached hydrogens (tertiary/aromatic N) is 3. The molecule has 2 aromatic heterocycles. The predicted molar refractivity (Wildman–Crippen MR) is 96.3 cm³/mol. The fraction of sp³-hybridized carbons (Fsp3) is 0.556. The SMILES string of the molecule is CC1CCN(C(=O)c2nn3c(c2Cl)N[C@@H](c2ccco2)C[C@H]3C(F)(F)F)CC1. The molecule has 1 saturated heterocycles. The summed E-state index contributed by atoms with van der Waals surface area (Å²) in [6, 6.07) is 0.590. The monoisotopic (exact) mass is 416 g/mol. The maximum Gasteiger partial charge on any atom is 0.410 e. The first-order chi connectivity index (χ1) is 13.3. The first kappa shape index (κ1) is 19.2. The first-order valence-electron chi connectivity index (χ1n) is 9.19. The Labute approximate surface area is 164 Å². The van der Waals surface area contributed by atoms with Crippen molar-refractivity contribution in [3.8, 4) is 0 Å². The fourth-order valence-electron chi connectivity index (χ4n) is 3.76. The Hall–Kier alpha value is -2.16. The molecule has 0 aromatic carbocycles. The molecule has 0 saturated carbocycles. The molecule has 0 radical (unpaired) electrons. The van der Waals surface area contributed by atoms with Gasteiger partial charge in [-0.2, -0.15) is 18.3 Å². The van der Waals surface area contributed by atoms with Crippen LogP contribution in [0, 0.1) is 5.92 Å². The lowest BCUT2D eigenvalue weighted by Crippen LogP contribution is -2.38. The Balaban J connectivity index is 1.69. The molecule has 1 fully saturated rings. The van der Waals surface area contributed by atoms with Gasteiger partial charge < -0.3 is 14.6 Å². The molecule has 2 atom stereocenters. The molecule has 6 nitrogen and oxygen atoms in total. The highest BCUT2D eigenvalue weighted by Crippen LogP contribution is 2.46. The van der Waals surface area contributed by atoms with Gasteiger partial charge in [0.2, 0.25) is 0 Å². The molecule has 4 rings (SSSR count). The Morgan fingerprint density at radius 1 is 1.36 bits per heavy atom. The van der Waals surface area contributed by atoms with Crippen molar-refractivity contribution in [2.45, 2.75) is 44.4 Å². The van der Waals surface area contributed by atoms with Crippen LogP contribution in [-0.4, -0.2) is 39.9 Å². The Morgan fingerprint density at radius 3 is 2.68 bits per heavy atom. The zero-order valence-corrected chi connectivity index (χ0v) is 15.9. The number of rotatable bonds is 2. The quantitative estimate of drug-likeness (QED) is 0.773. The molecule has 152 valence electrons. The van der Waals surface area contributed by atoms with Crippen molar-refractivity contribution >= 4 is 23.3 Å². The molecule has 0 spiro atoms. The van der Waals surface area contributed by atoms with Gasteiger partial charge in [0.25, 0.3) is 5.91 Å². The molecule has 10 heteroatoms. The maximum absolute atomic E-state index is 13.7. The van der Waals surface area contributed by atoms with E-state index in [0.29, 0.717) is 24.8 Å². The smallest absolute Gasteiger partial charge is 0.410 e. The zero-order valence-electron chi connectivity index (χ0n) is 15.2. The molecule has 2 aliphatic heterocycles. The van der Waals surface area contributed by atoms with Gasteiger partial charge >= 0.3 is 6.18 Å². The summed E-state index contributed by atoms with van der Waals surface area (Å²) >= 11 is 6.34. The molecule has 1 amide bonds. The summed E-state index contributed by atoms with van der Waals surface area (Å²) in [5, 5.41) is 6.86. The Kier molecular flexibility index (Phi) is 4.81. The number of carbonyl (C=O) groups excluding carboxylic acids is 1.